The van der Waals surface area contributed by atoms with E-state index in [1.807, 2.05) is 12.1 Å². The summed E-state index contributed by atoms with van der Waals surface area (Å²) in [5, 5.41) is 0.828. The molecule has 16 heavy (non-hydrogen) atoms. The fourth-order valence-corrected chi connectivity index (χ4v) is 3.23. The largest absolute Gasteiger partial charge is 0.295 e. The molecule has 1 aliphatic heterocycles. The van der Waals surface area contributed by atoms with Gasteiger partial charge in [0, 0.05) is 28.0 Å². The molecule has 0 N–H and O–H groups in total. The van der Waals surface area contributed by atoms with Crippen molar-refractivity contribution in [2.45, 2.75) is 25.4 Å². The molecule has 0 amide bonds. The maximum Gasteiger partial charge on any atom is 0.0462 e. The molecule has 0 bridgehead atoms. The Morgan fingerprint density at radius 1 is 1.44 bits per heavy atom. The molecule has 1 saturated heterocycles. The van der Waals surface area contributed by atoms with Gasteiger partial charge in [-0.3, -0.25) is 4.90 Å². The second kappa shape index (κ2) is 5.72. The average molecular weight is 323 g/mol. The minimum atomic E-state index is 0.515. The van der Waals surface area contributed by atoms with E-state index in [0.717, 1.165) is 22.6 Å². The van der Waals surface area contributed by atoms with Gasteiger partial charge in [0.1, 0.15) is 0 Å². The van der Waals surface area contributed by atoms with Crippen LogP contribution in [0.1, 0.15) is 18.4 Å². The molecule has 1 fully saturated rings. The Balaban J connectivity index is 2.08. The van der Waals surface area contributed by atoms with E-state index in [2.05, 4.69) is 26.9 Å². The van der Waals surface area contributed by atoms with Gasteiger partial charge in [-0.2, -0.15) is 0 Å². The van der Waals surface area contributed by atoms with E-state index in [4.69, 9.17) is 23.2 Å². The molecule has 4 heteroatoms. The number of halogens is 3. The summed E-state index contributed by atoms with van der Waals surface area (Å²) in [6, 6.07) is 6.58. The van der Waals surface area contributed by atoms with Crippen LogP contribution >= 0.6 is 39.1 Å². The summed E-state index contributed by atoms with van der Waals surface area (Å²) in [7, 11) is 0. The second-order valence-electron chi connectivity index (χ2n) is 4.16. The molecule has 2 rings (SSSR count). The van der Waals surface area contributed by atoms with Crippen LogP contribution in [0.2, 0.25) is 5.02 Å². The lowest BCUT2D eigenvalue weighted by atomic mass is 10.2. The molecule has 0 saturated carbocycles. The van der Waals surface area contributed by atoms with Crippen LogP contribution in [-0.4, -0.2) is 23.4 Å². The SMILES string of the molecule is ClCC1CCCN1Cc1ccc(Br)cc1Cl. The number of nitrogens with zero attached hydrogens (tertiary/aromatic N) is 1. The van der Waals surface area contributed by atoms with E-state index in [1.54, 1.807) is 0 Å². The van der Waals surface area contributed by atoms with Gasteiger partial charge in [-0.1, -0.05) is 33.6 Å². The average Bonchev–Trinajstić information content (AvgIpc) is 2.69. The maximum atomic E-state index is 6.21. The highest BCUT2D eigenvalue weighted by Gasteiger charge is 2.23. The molecule has 1 aliphatic rings. The summed E-state index contributed by atoms with van der Waals surface area (Å²) in [5.41, 5.74) is 1.18. The highest BCUT2D eigenvalue weighted by Crippen LogP contribution is 2.26. The van der Waals surface area contributed by atoms with Gasteiger partial charge in [-0.05, 0) is 37.1 Å². The van der Waals surface area contributed by atoms with Crippen LogP contribution in [0.3, 0.4) is 0 Å². The quantitative estimate of drug-likeness (QED) is 0.750. The minimum absolute atomic E-state index is 0.515. The van der Waals surface area contributed by atoms with Crippen molar-refractivity contribution < 1.29 is 0 Å². The van der Waals surface area contributed by atoms with Crippen molar-refractivity contribution in [2.75, 3.05) is 12.4 Å². The molecule has 1 nitrogen and oxygen atoms in total. The zero-order valence-electron chi connectivity index (χ0n) is 8.93. The van der Waals surface area contributed by atoms with Gasteiger partial charge in [0.15, 0.2) is 0 Å². The predicted octanol–water partition coefficient (Wildman–Crippen LogP) is 4.31. The lowest BCUT2D eigenvalue weighted by Crippen LogP contribution is -2.30. The third-order valence-electron chi connectivity index (χ3n) is 3.07. The summed E-state index contributed by atoms with van der Waals surface area (Å²) >= 11 is 15.6. The van der Waals surface area contributed by atoms with Crippen molar-refractivity contribution in [3.63, 3.8) is 0 Å². The van der Waals surface area contributed by atoms with E-state index < -0.39 is 0 Å². The predicted molar refractivity (Wildman–Crippen MR) is 73.3 cm³/mol. The van der Waals surface area contributed by atoms with Gasteiger partial charge in [-0.15, -0.1) is 11.6 Å². The van der Waals surface area contributed by atoms with Crippen LogP contribution in [0.4, 0.5) is 0 Å². The number of alkyl halides is 1. The first-order valence-corrected chi connectivity index (χ1v) is 7.15. The van der Waals surface area contributed by atoms with Crippen molar-refractivity contribution in [3.8, 4) is 0 Å². The fourth-order valence-electron chi connectivity index (χ4n) is 2.15. The number of rotatable bonds is 3. The van der Waals surface area contributed by atoms with Crippen molar-refractivity contribution >= 4 is 39.1 Å². The van der Waals surface area contributed by atoms with Gasteiger partial charge in [0.25, 0.3) is 0 Å². The van der Waals surface area contributed by atoms with E-state index in [-0.39, 0.29) is 0 Å². The van der Waals surface area contributed by atoms with E-state index >= 15 is 0 Å². The Labute approximate surface area is 115 Å². The zero-order valence-corrected chi connectivity index (χ0v) is 12.0. The molecular formula is C12H14BrCl2N. The number of hydrogen-bond acceptors (Lipinski definition) is 1. The molecule has 0 aliphatic carbocycles. The van der Waals surface area contributed by atoms with Crippen molar-refractivity contribution in [1.82, 2.24) is 4.90 Å². The normalized spacial score (nSPS) is 21.6. The van der Waals surface area contributed by atoms with Crippen LogP contribution in [0.15, 0.2) is 22.7 Å². The van der Waals surface area contributed by atoms with Crippen LogP contribution in [0.25, 0.3) is 0 Å². The van der Waals surface area contributed by atoms with Crippen LogP contribution in [0, 0.1) is 0 Å². The molecule has 0 aromatic heterocycles. The Morgan fingerprint density at radius 3 is 2.94 bits per heavy atom. The molecule has 0 spiro atoms. The third kappa shape index (κ3) is 2.92. The summed E-state index contributed by atoms with van der Waals surface area (Å²) in [5.74, 6) is 0.716. The lowest BCUT2D eigenvalue weighted by Gasteiger charge is -2.23. The van der Waals surface area contributed by atoms with Crippen LogP contribution in [-0.2, 0) is 6.54 Å². The van der Waals surface area contributed by atoms with Crippen molar-refractivity contribution in [3.05, 3.63) is 33.3 Å². The topological polar surface area (TPSA) is 3.24 Å². The van der Waals surface area contributed by atoms with Crippen LogP contribution in [0.5, 0.6) is 0 Å². The van der Waals surface area contributed by atoms with Crippen molar-refractivity contribution in [2.24, 2.45) is 0 Å². The van der Waals surface area contributed by atoms with E-state index in [0.29, 0.717) is 11.9 Å². The monoisotopic (exact) mass is 321 g/mol. The summed E-state index contributed by atoms with van der Waals surface area (Å²) in [6.07, 6.45) is 2.45. The molecule has 1 heterocycles. The summed E-state index contributed by atoms with van der Waals surface area (Å²) in [6.45, 7) is 2.03. The number of likely N-dealkylation sites (tertiary alicyclic amines) is 1. The molecule has 1 aromatic carbocycles. The standard InChI is InChI=1S/C12H14BrCl2N/c13-10-4-3-9(12(15)6-10)8-16-5-1-2-11(16)7-14/h3-4,6,11H,1-2,5,7-8H2. The number of benzene rings is 1. The van der Waals surface area contributed by atoms with Crippen LogP contribution < -0.4 is 0 Å². The van der Waals surface area contributed by atoms with Gasteiger partial charge in [0.2, 0.25) is 0 Å². The Kier molecular flexibility index (Phi) is 4.54. The minimum Gasteiger partial charge on any atom is -0.295 e. The van der Waals surface area contributed by atoms with Gasteiger partial charge >= 0.3 is 0 Å². The molecule has 1 aromatic rings. The Morgan fingerprint density at radius 2 is 2.25 bits per heavy atom. The molecule has 1 unspecified atom stereocenters. The Hall–Kier alpha value is 0.240. The molecular weight excluding hydrogens is 309 g/mol. The van der Waals surface area contributed by atoms with Crippen molar-refractivity contribution in [1.29, 1.82) is 0 Å². The van der Waals surface area contributed by atoms with Gasteiger partial charge in [-0.25, -0.2) is 0 Å². The Bertz CT molecular complexity index is 370. The van der Waals surface area contributed by atoms with E-state index in [1.165, 1.54) is 18.4 Å². The summed E-state index contributed by atoms with van der Waals surface area (Å²) < 4.78 is 1.02. The second-order valence-corrected chi connectivity index (χ2v) is 5.79. The maximum absolute atomic E-state index is 6.21. The summed E-state index contributed by atoms with van der Waals surface area (Å²) in [4.78, 5) is 2.42. The van der Waals surface area contributed by atoms with Gasteiger partial charge in [0.05, 0.1) is 0 Å². The molecule has 1 atom stereocenters. The zero-order chi connectivity index (χ0) is 11.5. The highest BCUT2D eigenvalue weighted by atomic mass is 79.9. The fraction of sp³-hybridized carbons (Fsp3) is 0.500. The molecule has 88 valence electrons. The first-order chi connectivity index (χ1) is 7.70. The third-order valence-corrected chi connectivity index (χ3v) is 4.27. The molecule has 0 radical (unpaired) electrons. The van der Waals surface area contributed by atoms with Gasteiger partial charge < -0.3 is 0 Å². The lowest BCUT2D eigenvalue weighted by molar-refractivity contribution is 0.263. The van der Waals surface area contributed by atoms with E-state index in [9.17, 15) is 0 Å². The first-order valence-electron chi connectivity index (χ1n) is 5.44. The number of hydrogen-bond donors (Lipinski definition) is 0. The highest BCUT2D eigenvalue weighted by molar-refractivity contribution is 9.10. The first kappa shape index (κ1) is 12.7. The smallest absolute Gasteiger partial charge is 0.0462 e.